The number of benzene rings is 1. The van der Waals surface area contributed by atoms with Gasteiger partial charge in [-0.25, -0.2) is 4.98 Å². The molecule has 0 unspecified atom stereocenters. The lowest BCUT2D eigenvalue weighted by atomic mass is 10.0. The molecule has 1 aromatic carbocycles. The van der Waals surface area contributed by atoms with Crippen LogP contribution in [-0.2, 0) is 0 Å². The third-order valence-electron chi connectivity index (χ3n) is 4.08. The van der Waals surface area contributed by atoms with E-state index in [0.29, 0.717) is 5.15 Å². The lowest BCUT2D eigenvalue weighted by Crippen LogP contribution is -1.88. The van der Waals surface area contributed by atoms with Gasteiger partial charge in [0.25, 0.3) is 0 Å². The number of rotatable bonds is 2. The third kappa shape index (κ3) is 2.00. The van der Waals surface area contributed by atoms with Crippen molar-refractivity contribution in [3.8, 4) is 16.9 Å². The van der Waals surface area contributed by atoms with Gasteiger partial charge in [0, 0.05) is 28.1 Å². The number of halogens is 1. The van der Waals surface area contributed by atoms with E-state index in [-0.39, 0.29) is 0 Å². The van der Waals surface area contributed by atoms with Gasteiger partial charge in [0.05, 0.1) is 23.8 Å². The number of H-pyrrole nitrogens is 1. The molecular weight excluding hydrogens is 314 g/mol. The molecule has 3 heterocycles. The van der Waals surface area contributed by atoms with Crippen molar-refractivity contribution in [1.82, 2.24) is 15.1 Å². The topological polar surface area (TPSA) is 63.9 Å². The Morgan fingerprint density at radius 2 is 2.09 bits per heavy atom. The molecule has 0 aliphatic rings. The molecule has 0 radical (unpaired) electrons. The highest BCUT2D eigenvalue weighted by atomic mass is 35.5. The molecule has 6 heteroatoms. The highest BCUT2D eigenvalue weighted by molar-refractivity contribution is 6.37. The zero-order valence-corrected chi connectivity index (χ0v) is 13.7. The van der Waals surface area contributed by atoms with Crippen LogP contribution in [0.15, 0.2) is 28.9 Å². The lowest BCUT2D eigenvalue weighted by molar-refractivity contribution is 0.393. The van der Waals surface area contributed by atoms with E-state index >= 15 is 0 Å². The van der Waals surface area contributed by atoms with Gasteiger partial charge in [-0.3, -0.25) is 0 Å². The highest BCUT2D eigenvalue weighted by Crippen LogP contribution is 2.40. The third-order valence-corrected chi connectivity index (χ3v) is 4.37. The van der Waals surface area contributed by atoms with Gasteiger partial charge in [0.1, 0.15) is 16.7 Å². The van der Waals surface area contributed by atoms with Gasteiger partial charge in [-0.05, 0) is 32.0 Å². The Labute approximate surface area is 137 Å². The zero-order chi connectivity index (χ0) is 16.1. The number of hydrogen-bond acceptors (Lipinski definition) is 4. The Balaban J connectivity index is 2.20. The van der Waals surface area contributed by atoms with Crippen molar-refractivity contribution in [2.24, 2.45) is 0 Å². The van der Waals surface area contributed by atoms with E-state index in [2.05, 4.69) is 15.1 Å². The fourth-order valence-electron chi connectivity index (χ4n) is 3.06. The molecule has 0 spiro atoms. The van der Waals surface area contributed by atoms with Crippen molar-refractivity contribution in [3.05, 3.63) is 41.0 Å². The molecule has 5 nitrogen and oxygen atoms in total. The molecule has 0 aliphatic heterocycles. The molecule has 116 valence electrons. The van der Waals surface area contributed by atoms with Crippen LogP contribution in [0.4, 0.5) is 0 Å². The monoisotopic (exact) mass is 327 g/mol. The Kier molecular flexibility index (Phi) is 3.06. The van der Waals surface area contributed by atoms with E-state index < -0.39 is 0 Å². The maximum Gasteiger partial charge on any atom is 0.141 e. The first-order valence-corrected chi connectivity index (χ1v) is 7.55. The molecule has 4 aromatic rings. The molecule has 0 fully saturated rings. The van der Waals surface area contributed by atoms with Crippen molar-refractivity contribution in [2.45, 2.75) is 13.8 Å². The summed E-state index contributed by atoms with van der Waals surface area (Å²) in [5.41, 5.74) is 4.67. The Morgan fingerprint density at radius 3 is 2.78 bits per heavy atom. The van der Waals surface area contributed by atoms with Crippen LogP contribution in [0.1, 0.15) is 11.5 Å². The number of aromatic amines is 1. The van der Waals surface area contributed by atoms with E-state index in [9.17, 15) is 0 Å². The van der Waals surface area contributed by atoms with Crippen LogP contribution in [0.2, 0.25) is 5.15 Å². The predicted molar refractivity (Wildman–Crippen MR) is 90.1 cm³/mol. The lowest BCUT2D eigenvalue weighted by Gasteiger charge is -2.07. The van der Waals surface area contributed by atoms with Crippen LogP contribution >= 0.6 is 11.6 Å². The van der Waals surface area contributed by atoms with Gasteiger partial charge in [0.15, 0.2) is 0 Å². The number of ether oxygens (including phenoxy) is 1. The fraction of sp³-hybridized carbons (Fsp3) is 0.176. The van der Waals surface area contributed by atoms with Gasteiger partial charge in [-0.2, -0.15) is 0 Å². The average Bonchev–Trinajstić information content (AvgIpc) is 3.07. The van der Waals surface area contributed by atoms with Crippen LogP contribution in [0.5, 0.6) is 5.75 Å². The molecule has 0 aliphatic carbocycles. The minimum absolute atomic E-state index is 0.465. The summed E-state index contributed by atoms with van der Waals surface area (Å²) < 4.78 is 10.8. The summed E-state index contributed by atoms with van der Waals surface area (Å²) in [6.45, 7) is 3.83. The van der Waals surface area contributed by atoms with E-state index in [1.54, 1.807) is 13.3 Å². The molecule has 4 rings (SSSR count). The first-order valence-electron chi connectivity index (χ1n) is 7.17. The Bertz CT molecular complexity index is 1030. The van der Waals surface area contributed by atoms with Crippen LogP contribution in [0, 0.1) is 13.8 Å². The van der Waals surface area contributed by atoms with E-state index in [4.69, 9.17) is 20.9 Å². The summed E-state index contributed by atoms with van der Waals surface area (Å²) in [4.78, 5) is 7.62. The largest absolute Gasteiger partial charge is 0.497 e. The van der Waals surface area contributed by atoms with Gasteiger partial charge in [-0.15, -0.1) is 0 Å². The number of fused-ring (bicyclic) bond motifs is 3. The summed E-state index contributed by atoms with van der Waals surface area (Å²) >= 11 is 6.31. The molecule has 3 aromatic heterocycles. The molecule has 0 saturated carbocycles. The number of pyridine rings is 1. The van der Waals surface area contributed by atoms with Crippen molar-refractivity contribution >= 4 is 33.4 Å². The number of nitrogens with zero attached hydrogens (tertiary/aromatic N) is 2. The summed E-state index contributed by atoms with van der Waals surface area (Å²) in [6, 6.07) is 5.85. The van der Waals surface area contributed by atoms with Gasteiger partial charge < -0.3 is 14.2 Å². The quantitative estimate of drug-likeness (QED) is 0.544. The number of aryl methyl sites for hydroxylation is 2. The van der Waals surface area contributed by atoms with Crippen LogP contribution in [0.3, 0.4) is 0 Å². The SMILES string of the molecule is COc1cc(-c2c(C)noc2C)c2[nH]c3ccnc(Cl)c3c2c1. The molecule has 0 atom stereocenters. The van der Waals surface area contributed by atoms with Crippen LogP contribution in [0.25, 0.3) is 32.9 Å². The summed E-state index contributed by atoms with van der Waals surface area (Å²) in [5, 5.41) is 6.37. The van der Waals surface area contributed by atoms with Crippen LogP contribution < -0.4 is 4.74 Å². The first kappa shape index (κ1) is 14.1. The van der Waals surface area contributed by atoms with Crippen LogP contribution in [-0.4, -0.2) is 22.2 Å². The van der Waals surface area contributed by atoms with Crippen molar-refractivity contribution in [3.63, 3.8) is 0 Å². The van der Waals surface area contributed by atoms with Crippen molar-refractivity contribution in [1.29, 1.82) is 0 Å². The Hall–Kier alpha value is -2.53. The van der Waals surface area contributed by atoms with Gasteiger partial charge in [-0.1, -0.05) is 16.8 Å². The first-order chi connectivity index (χ1) is 11.1. The normalized spacial score (nSPS) is 11.5. The summed E-state index contributed by atoms with van der Waals surface area (Å²) in [6.07, 6.45) is 1.69. The summed E-state index contributed by atoms with van der Waals surface area (Å²) in [5.74, 6) is 1.51. The summed E-state index contributed by atoms with van der Waals surface area (Å²) in [7, 11) is 1.65. The Morgan fingerprint density at radius 1 is 1.26 bits per heavy atom. The van der Waals surface area contributed by atoms with E-state index in [0.717, 1.165) is 50.1 Å². The number of hydrogen-bond donors (Lipinski definition) is 1. The van der Waals surface area contributed by atoms with Crippen molar-refractivity contribution in [2.75, 3.05) is 7.11 Å². The van der Waals surface area contributed by atoms with E-state index in [1.807, 2.05) is 32.0 Å². The maximum atomic E-state index is 6.31. The second-order valence-corrected chi connectivity index (χ2v) is 5.80. The van der Waals surface area contributed by atoms with Gasteiger partial charge in [0.2, 0.25) is 0 Å². The predicted octanol–water partition coefficient (Wildman–Crippen LogP) is 4.65. The number of nitrogens with one attached hydrogen (secondary N) is 1. The minimum atomic E-state index is 0.465. The fourth-order valence-corrected chi connectivity index (χ4v) is 3.32. The molecule has 0 saturated heterocycles. The molecule has 0 bridgehead atoms. The molecular formula is C17H14ClN3O2. The average molecular weight is 328 g/mol. The maximum absolute atomic E-state index is 6.31. The number of methoxy groups -OCH3 is 1. The van der Waals surface area contributed by atoms with E-state index in [1.165, 1.54) is 0 Å². The molecule has 0 amide bonds. The second kappa shape index (κ2) is 4.99. The number of aromatic nitrogens is 3. The molecule has 1 N–H and O–H groups in total. The highest BCUT2D eigenvalue weighted by Gasteiger charge is 2.19. The molecule has 23 heavy (non-hydrogen) atoms. The minimum Gasteiger partial charge on any atom is -0.497 e. The zero-order valence-electron chi connectivity index (χ0n) is 12.9. The van der Waals surface area contributed by atoms with Crippen molar-refractivity contribution < 1.29 is 9.26 Å². The smallest absolute Gasteiger partial charge is 0.141 e. The standard InChI is InChI=1S/C17H14ClN3O2/c1-8-14(9(2)23-21-8)11-6-10(22-3)7-12-15-13(20-16(11)12)4-5-19-17(15)18/h4-7,20H,1-3H3. The van der Waals surface area contributed by atoms with Gasteiger partial charge >= 0.3 is 0 Å². The second-order valence-electron chi connectivity index (χ2n) is 5.45.